The van der Waals surface area contributed by atoms with Crippen molar-refractivity contribution in [3.63, 3.8) is 0 Å². The van der Waals surface area contributed by atoms with E-state index in [2.05, 4.69) is 29.2 Å². The Labute approximate surface area is 197 Å². The first-order valence-corrected chi connectivity index (χ1v) is 12.0. The normalized spacial score (nSPS) is 16.1. The number of rotatable bonds is 3. The molecule has 2 aliphatic rings. The van der Waals surface area contributed by atoms with E-state index in [-0.39, 0.29) is 5.91 Å². The molecule has 3 aromatic carbocycles. The van der Waals surface area contributed by atoms with Gasteiger partial charge in [-0.15, -0.1) is 0 Å². The maximum atomic E-state index is 13.2. The number of carbonyl (C=O) groups excluding carboxylic acids is 1. The van der Waals surface area contributed by atoms with E-state index in [9.17, 15) is 4.79 Å². The molecule has 0 saturated carbocycles. The van der Waals surface area contributed by atoms with Gasteiger partial charge in [0.25, 0.3) is 5.91 Å². The number of benzene rings is 3. The smallest absolute Gasteiger partial charge is 0.254 e. The van der Waals surface area contributed by atoms with E-state index in [1.165, 1.54) is 5.56 Å². The number of aliphatic imine (C=N–C) groups is 1. The molecule has 0 radical (unpaired) electrons. The van der Waals surface area contributed by atoms with Crippen LogP contribution >= 0.6 is 23.4 Å². The summed E-state index contributed by atoms with van der Waals surface area (Å²) in [5, 5.41) is 0.701. The summed E-state index contributed by atoms with van der Waals surface area (Å²) in [6.45, 7) is 6.17. The molecule has 1 saturated heterocycles. The minimum absolute atomic E-state index is 0.0785. The number of fused-ring (bicyclic) bond motifs is 2. The zero-order valence-electron chi connectivity index (χ0n) is 17.9. The molecule has 0 N–H and O–H groups in total. The number of hydrogen-bond donors (Lipinski definition) is 0. The molecule has 5 rings (SSSR count). The first-order valence-electron chi connectivity index (χ1n) is 10.8. The van der Waals surface area contributed by atoms with Crippen molar-refractivity contribution in [2.45, 2.75) is 23.3 Å². The molecule has 1 fully saturated rings. The fourth-order valence-corrected chi connectivity index (χ4v) is 5.40. The van der Waals surface area contributed by atoms with Gasteiger partial charge in [0.15, 0.2) is 0 Å². The number of hydrogen-bond acceptors (Lipinski definition) is 4. The van der Waals surface area contributed by atoms with Crippen LogP contribution in [0.1, 0.15) is 28.4 Å². The number of amides is 1. The van der Waals surface area contributed by atoms with Crippen molar-refractivity contribution in [2.75, 3.05) is 26.2 Å². The predicted molar refractivity (Wildman–Crippen MR) is 132 cm³/mol. The van der Waals surface area contributed by atoms with Gasteiger partial charge in [-0.25, -0.2) is 0 Å². The van der Waals surface area contributed by atoms with Crippen molar-refractivity contribution in [1.82, 2.24) is 9.80 Å². The van der Waals surface area contributed by atoms with Crippen molar-refractivity contribution in [3.05, 3.63) is 88.4 Å². The van der Waals surface area contributed by atoms with Crippen molar-refractivity contribution >= 4 is 40.7 Å². The molecule has 4 nitrogen and oxygen atoms in total. The molecule has 0 bridgehead atoms. The third-order valence-electron chi connectivity index (χ3n) is 5.95. The summed E-state index contributed by atoms with van der Waals surface area (Å²) < 4.78 is 0. The van der Waals surface area contributed by atoms with Crippen molar-refractivity contribution in [3.8, 4) is 0 Å². The Hall–Kier alpha value is -2.60. The molecule has 0 aromatic heterocycles. The summed E-state index contributed by atoms with van der Waals surface area (Å²) in [5.74, 6) is 0.0785. The highest BCUT2D eigenvalue weighted by Crippen LogP contribution is 2.41. The third kappa shape index (κ3) is 4.46. The minimum Gasteiger partial charge on any atom is -0.336 e. The molecule has 0 unspecified atom stereocenters. The maximum Gasteiger partial charge on any atom is 0.254 e. The van der Waals surface area contributed by atoms with Crippen LogP contribution in [0.4, 0.5) is 5.69 Å². The summed E-state index contributed by atoms with van der Waals surface area (Å²) in [5.41, 5.74) is 4.80. The van der Waals surface area contributed by atoms with Gasteiger partial charge in [-0.2, -0.15) is 0 Å². The van der Waals surface area contributed by atoms with E-state index in [1.54, 1.807) is 11.8 Å². The second kappa shape index (κ2) is 9.10. The molecule has 1 amide bonds. The summed E-state index contributed by atoms with van der Waals surface area (Å²) in [4.78, 5) is 24.6. The Bertz CT molecular complexity index is 1190. The summed E-state index contributed by atoms with van der Waals surface area (Å²) >= 11 is 7.87. The SMILES string of the molecule is CC1=Nc2cc(C(=O)N3CCN(Cc4ccccc4)CC3)ccc2Sc2ccc(Cl)cc21. The van der Waals surface area contributed by atoms with Gasteiger partial charge in [-0.1, -0.05) is 53.7 Å². The summed E-state index contributed by atoms with van der Waals surface area (Å²) in [7, 11) is 0. The van der Waals surface area contributed by atoms with Gasteiger partial charge in [-0.05, 0) is 48.9 Å². The van der Waals surface area contributed by atoms with Gasteiger partial charge in [0.05, 0.1) is 5.69 Å². The van der Waals surface area contributed by atoms with E-state index in [0.29, 0.717) is 10.6 Å². The molecule has 2 heterocycles. The monoisotopic (exact) mass is 461 g/mol. The summed E-state index contributed by atoms with van der Waals surface area (Å²) in [6.07, 6.45) is 0. The Balaban J connectivity index is 1.30. The van der Waals surface area contributed by atoms with E-state index < -0.39 is 0 Å². The van der Waals surface area contributed by atoms with Gasteiger partial charge in [0.1, 0.15) is 0 Å². The molecule has 0 atom stereocenters. The van der Waals surface area contributed by atoms with Crippen LogP contribution in [0.25, 0.3) is 0 Å². The lowest BCUT2D eigenvalue weighted by molar-refractivity contribution is 0.0628. The Kier molecular flexibility index (Phi) is 6.05. The first-order chi connectivity index (χ1) is 15.6. The first kappa shape index (κ1) is 21.3. The second-order valence-electron chi connectivity index (χ2n) is 8.18. The molecule has 162 valence electrons. The van der Waals surface area contributed by atoms with Crippen LogP contribution in [0.3, 0.4) is 0 Å². The minimum atomic E-state index is 0.0785. The molecule has 32 heavy (non-hydrogen) atoms. The lowest BCUT2D eigenvalue weighted by Crippen LogP contribution is -2.48. The molecule has 3 aromatic rings. The number of piperazine rings is 1. The lowest BCUT2D eigenvalue weighted by Gasteiger charge is -2.34. The van der Waals surface area contributed by atoms with Crippen LogP contribution in [0.5, 0.6) is 0 Å². The number of halogens is 1. The van der Waals surface area contributed by atoms with Crippen LogP contribution in [-0.2, 0) is 6.54 Å². The van der Waals surface area contributed by atoms with Crippen molar-refractivity contribution < 1.29 is 4.79 Å². The van der Waals surface area contributed by atoms with Gasteiger partial charge in [0, 0.05) is 64.4 Å². The van der Waals surface area contributed by atoms with E-state index in [4.69, 9.17) is 16.6 Å². The van der Waals surface area contributed by atoms with Gasteiger partial charge >= 0.3 is 0 Å². The highest BCUT2D eigenvalue weighted by Gasteiger charge is 2.24. The quantitative estimate of drug-likeness (QED) is 0.487. The Morgan fingerprint density at radius 2 is 1.72 bits per heavy atom. The number of nitrogens with zero attached hydrogens (tertiary/aromatic N) is 3. The lowest BCUT2D eigenvalue weighted by atomic mass is 10.1. The standard InChI is InChI=1S/C26H24ClN3OS/c1-18-22-16-21(27)8-10-24(22)32-25-9-7-20(15-23(25)28-18)26(31)30-13-11-29(12-14-30)17-19-5-3-2-4-6-19/h2-10,15-16H,11-14,17H2,1H3. The molecular formula is C26H24ClN3OS. The second-order valence-corrected chi connectivity index (χ2v) is 9.70. The molecule has 2 aliphatic heterocycles. The largest absolute Gasteiger partial charge is 0.336 e. The van der Waals surface area contributed by atoms with E-state index in [1.807, 2.05) is 54.3 Å². The van der Waals surface area contributed by atoms with Crippen LogP contribution < -0.4 is 0 Å². The van der Waals surface area contributed by atoms with E-state index >= 15 is 0 Å². The zero-order chi connectivity index (χ0) is 22.1. The molecule has 0 spiro atoms. The Morgan fingerprint density at radius 1 is 0.969 bits per heavy atom. The molecule has 0 aliphatic carbocycles. The van der Waals surface area contributed by atoms with Crippen molar-refractivity contribution in [1.29, 1.82) is 0 Å². The fourth-order valence-electron chi connectivity index (χ4n) is 4.19. The maximum absolute atomic E-state index is 13.2. The van der Waals surface area contributed by atoms with Crippen LogP contribution in [0.2, 0.25) is 5.02 Å². The summed E-state index contributed by atoms with van der Waals surface area (Å²) in [6, 6.07) is 22.2. The molecular weight excluding hydrogens is 438 g/mol. The third-order valence-corrected chi connectivity index (χ3v) is 7.33. The highest BCUT2D eigenvalue weighted by molar-refractivity contribution is 7.99. The average molecular weight is 462 g/mol. The van der Waals surface area contributed by atoms with Gasteiger partial charge in [-0.3, -0.25) is 14.7 Å². The zero-order valence-corrected chi connectivity index (χ0v) is 19.5. The van der Waals surface area contributed by atoms with Gasteiger partial charge < -0.3 is 4.90 Å². The van der Waals surface area contributed by atoms with Crippen LogP contribution in [-0.4, -0.2) is 47.6 Å². The average Bonchev–Trinajstić information content (AvgIpc) is 2.95. The van der Waals surface area contributed by atoms with Crippen LogP contribution in [0.15, 0.2) is 81.5 Å². The van der Waals surface area contributed by atoms with E-state index in [0.717, 1.165) is 59.5 Å². The Morgan fingerprint density at radius 3 is 2.50 bits per heavy atom. The number of carbonyl (C=O) groups is 1. The molecule has 6 heteroatoms. The predicted octanol–water partition coefficient (Wildman–Crippen LogP) is 5.90. The van der Waals surface area contributed by atoms with Crippen molar-refractivity contribution in [2.24, 2.45) is 4.99 Å². The highest BCUT2D eigenvalue weighted by atomic mass is 35.5. The topological polar surface area (TPSA) is 35.9 Å². The fraction of sp³-hybridized carbons (Fsp3) is 0.231. The van der Waals surface area contributed by atoms with Gasteiger partial charge in [0.2, 0.25) is 0 Å². The van der Waals surface area contributed by atoms with Crippen LogP contribution in [0, 0.1) is 0 Å².